The van der Waals surface area contributed by atoms with E-state index < -0.39 is 6.16 Å². The maximum atomic E-state index is 13.0. The van der Waals surface area contributed by atoms with E-state index in [-0.39, 0.29) is 11.4 Å². The Kier molecular flexibility index (Phi) is 13.5. The molecule has 1 aliphatic carbocycles. The third-order valence-corrected chi connectivity index (χ3v) is 11.7. The Morgan fingerprint density at radius 3 is 1.42 bits per heavy atom. The molecule has 0 amide bonds. The van der Waals surface area contributed by atoms with Gasteiger partial charge in [-0.15, -0.1) is 0 Å². The quantitative estimate of drug-likeness (QED) is 0.0495. The molecule has 0 radical (unpaired) electrons. The first-order valence-electron chi connectivity index (χ1n) is 21.7. The normalized spacial score (nSPS) is 13.4. The number of hydrogen-bond donors (Lipinski definition) is 0. The average Bonchev–Trinajstić information content (AvgIpc) is 3.32. The van der Waals surface area contributed by atoms with Crippen molar-refractivity contribution in [3.63, 3.8) is 0 Å². The van der Waals surface area contributed by atoms with E-state index >= 15 is 0 Å². The number of aryl methyl sites for hydroxylation is 1. The van der Waals surface area contributed by atoms with E-state index in [0.29, 0.717) is 17.2 Å². The maximum absolute atomic E-state index is 13.0. The molecule has 0 aromatic heterocycles. The van der Waals surface area contributed by atoms with Crippen LogP contribution in [0.15, 0.2) is 170 Å². The second kappa shape index (κ2) is 20.0. The number of hydrogen-bond acceptors (Lipinski definition) is 7. The predicted molar refractivity (Wildman–Crippen MR) is 258 cm³/mol. The second-order valence-electron chi connectivity index (χ2n) is 16.1. The van der Waals surface area contributed by atoms with Crippen LogP contribution in [0.5, 0.6) is 23.0 Å². The lowest BCUT2D eigenvalue weighted by atomic mass is 9.65. The van der Waals surface area contributed by atoms with E-state index in [1.807, 2.05) is 84.9 Å². The minimum Gasteiger partial charge on any atom is -0.497 e. The number of carbonyl (C=O) groups excluding carboxylic acids is 2. The van der Waals surface area contributed by atoms with E-state index in [1.54, 1.807) is 13.2 Å². The Labute approximate surface area is 375 Å². The second-order valence-corrected chi connectivity index (χ2v) is 16.1. The lowest BCUT2D eigenvalue weighted by Crippen LogP contribution is -2.30. The van der Waals surface area contributed by atoms with Crippen LogP contribution < -0.4 is 23.8 Å². The van der Waals surface area contributed by atoms with Crippen molar-refractivity contribution < 1.29 is 28.5 Å². The highest BCUT2D eigenvalue weighted by atomic mass is 16.7. The molecule has 8 rings (SSSR count). The first-order valence-corrected chi connectivity index (χ1v) is 21.7. The SMILES string of the molecule is COc1cccc(/C=C/c2ccc(N(c3ccc(C)cc3)c3ccc(/C=C/c4cccc(OC(=O)Oc5ccc(C6(c7ccc(OC(C)=O)cc7)CCCCC6)cc5)c4)cc3)cc2)c1. The number of rotatable bonds is 13. The zero-order valence-electron chi connectivity index (χ0n) is 36.4. The van der Waals surface area contributed by atoms with Gasteiger partial charge in [-0.25, -0.2) is 4.79 Å². The molecule has 0 atom stereocenters. The van der Waals surface area contributed by atoms with Gasteiger partial charge in [-0.05, 0) is 138 Å². The summed E-state index contributed by atoms with van der Waals surface area (Å²) in [5, 5.41) is 0. The van der Waals surface area contributed by atoms with E-state index in [1.165, 1.54) is 24.5 Å². The van der Waals surface area contributed by atoms with Crippen molar-refractivity contribution in [2.24, 2.45) is 0 Å². The van der Waals surface area contributed by atoms with E-state index in [0.717, 1.165) is 76.3 Å². The first kappa shape index (κ1) is 43.0. The molecule has 7 aromatic carbocycles. The molecule has 64 heavy (non-hydrogen) atoms. The lowest BCUT2D eigenvalue weighted by molar-refractivity contribution is -0.131. The van der Waals surface area contributed by atoms with Crippen LogP contribution in [0, 0.1) is 6.92 Å². The minimum absolute atomic E-state index is 0.172. The van der Waals surface area contributed by atoms with Gasteiger partial charge in [0, 0.05) is 29.4 Å². The number of methoxy groups -OCH3 is 1. The fourth-order valence-electron chi connectivity index (χ4n) is 8.38. The van der Waals surface area contributed by atoms with Crippen LogP contribution >= 0.6 is 0 Å². The van der Waals surface area contributed by atoms with Crippen LogP contribution in [0.3, 0.4) is 0 Å². The molecule has 0 aliphatic heterocycles. The number of nitrogens with zero attached hydrogens (tertiary/aromatic N) is 1. The van der Waals surface area contributed by atoms with Crippen LogP contribution in [0.25, 0.3) is 24.3 Å². The van der Waals surface area contributed by atoms with Gasteiger partial charge in [-0.1, -0.05) is 134 Å². The van der Waals surface area contributed by atoms with Crippen molar-refractivity contribution in [2.75, 3.05) is 12.0 Å². The molecule has 7 aromatic rings. The third kappa shape index (κ3) is 10.7. The summed E-state index contributed by atoms with van der Waals surface area (Å²) in [5.41, 5.74) is 10.6. The van der Waals surface area contributed by atoms with Gasteiger partial charge in [-0.3, -0.25) is 4.79 Å². The predicted octanol–water partition coefficient (Wildman–Crippen LogP) is 14.6. The summed E-state index contributed by atoms with van der Waals surface area (Å²) in [6.45, 7) is 3.50. The van der Waals surface area contributed by atoms with Crippen LogP contribution in [0.1, 0.15) is 78.0 Å². The van der Waals surface area contributed by atoms with Gasteiger partial charge >= 0.3 is 12.1 Å². The van der Waals surface area contributed by atoms with Crippen LogP contribution in [-0.4, -0.2) is 19.2 Å². The molecule has 0 saturated heterocycles. The smallest absolute Gasteiger partial charge is 0.497 e. The van der Waals surface area contributed by atoms with Gasteiger partial charge in [0.25, 0.3) is 0 Å². The Morgan fingerprint density at radius 2 is 0.922 bits per heavy atom. The zero-order chi connectivity index (χ0) is 44.3. The molecular formula is C57H51NO6. The Bertz CT molecular complexity index is 2730. The number of ether oxygens (including phenoxy) is 4. The molecule has 0 spiro atoms. The largest absolute Gasteiger partial charge is 0.519 e. The molecule has 0 bridgehead atoms. The summed E-state index contributed by atoms with van der Waals surface area (Å²) in [5.74, 6) is 1.81. The van der Waals surface area contributed by atoms with Gasteiger partial charge in [0.05, 0.1) is 7.11 Å². The summed E-state index contributed by atoms with van der Waals surface area (Å²) >= 11 is 0. The molecule has 0 unspecified atom stereocenters. The highest BCUT2D eigenvalue weighted by molar-refractivity contribution is 5.80. The fourth-order valence-corrected chi connectivity index (χ4v) is 8.38. The third-order valence-electron chi connectivity index (χ3n) is 11.7. The summed E-state index contributed by atoms with van der Waals surface area (Å²) in [7, 11) is 1.68. The molecule has 7 nitrogen and oxygen atoms in total. The van der Waals surface area contributed by atoms with Crippen LogP contribution in [0.2, 0.25) is 0 Å². The monoisotopic (exact) mass is 845 g/mol. The minimum atomic E-state index is -0.810. The Hall–Kier alpha value is -7.64. The van der Waals surface area contributed by atoms with Crippen molar-refractivity contribution in [1.29, 1.82) is 0 Å². The summed E-state index contributed by atoms with van der Waals surface area (Å²) in [6, 6.07) is 56.4. The summed E-state index contributed by atoms with van der Waals surface area (Å²) in [6.07, 6.45) is 12.9. The number of esters is 1. The molecule has 0 heterocycles. The summed E-state index contributed by atoms with van der Waals surface area (Å²) < 4.78 is 21.9. The van der Waals surface area contributed by atoms with E-state index in [9.17, 15) is 9.59 Å². The van der Waals surface area contributed by atoms with Crippen molar-refractivity contribution >= 4 is 53.5 Å². The van der Waals surface area contributed by atoms with Crippen molar-refractivity contribution in [3.8, 4) is 23.0 Å². The molecule has 320 valence electrons. The van der Waals surface area contributed by atoms with Crippen LogP contribution in [0.4, 0.5) is 21.9 Å². The molecule has 1 aliphatic rings. The van der Waals surface area contributed by atoms with E-state index in [2.05, 4.69) is 115 Å². The molecule has 0 N–H and O–H groups in total. The van der Waals surface area contributed by atoms with Crippen molar-refractivity contribution in [3.05, 3.63) is 209 Å². The molecular weight excluding hydrogens is 795 g/mol. The van der Waals surface area contributed by atoms with Gasteiger partial charge in [0.15, 0.2) is 0 Å². The average molecular weight is 846 g/mol. The van der Waals surface area contributed by atoms with Gasteiger partial charge in [-0.2, -0.15) is 0 Å². The van der Waals surface area contributed by atoms with Crippen molar-refractivity contribution in [2.45, 2.75) is 51.4 Å². The molecule has 1 saturated carbocycles. The fraction of sp³-hybridized carbons (Fsp3) is 0.158. The number of benzene rings is 7. The Morgan fingerprint density at radius 1 is 0.484 bits per heavy atom. The number of carbonyl (C=O) groups is 2. The highest BCUT2D eigenvalue weighted by Gasteiger charge is 2.35. The van der Waals surface area contributed by atoms with Crippen LogP contribution in [-0.2, 0) is 10.2 Å². The molecule has 7 heteroatoms. The summed E-state index contributed by atoms with van der Waals surface area (Å²) in [4.78, 5) is 26.7. The van der Waals surface area contributed by atoms with Crippen molar-refractivity contribution in [1.82, 2.24) is 0 Å². The van der Waals surface area contributed by atoms with Gasteiger partial charge in [0.2, 0.25) is 0 Å². The standard InChI is InChI=1S/C57H51NO6/c1-41-13-27-49(28-14-41)58(50-29-19-43(20-30-50)15-17-45-9-7-11-54(39-45)61-3)51-31-21-44(22-32-51)16-18-46-10-8-12-55(40-46)64-56(60)63-53-35-25-48(26-36-53)57(37-5-4-6-38-57)47-23-33-52(34-24-47)62-42(2)59/h7-36,39-40H,4-6,37-38H2,1-3H3/b17-15+,18-16+. The topological polar surface area (TPSA) is 74.3 Å². The molecule has 1 fully saturated rings. The van der Waals surface area contributed by atoms with Gasteiger partial charge < -0.3 is 23.8 Å². The highest BCUT2D eigenvalue weighted by Crippen LogP contribution is 2.45. The number of anilines is 3. The first-order chi connectivity index (χ1) is 31.2. The van der Waals surface area contributed by atoms with Gasteiger partial charge in [0.1, 0.15) is 23.0 Å². The van der Waals surface area contributed by atoms with E-state index in [4.69, 9.17) is 18.9 Å². The maximum Gasteiger partial charge on any atom is 0.519 e. The zero-order valence-corrected chi connectivity index (χ0v) is 36.4. The lowest BCUT2D eigenvalue weighted by Gasteiger charge is -2.38. The Balaban J connectivity index is 0.912.